The predicted octanol–water partition coefficient (Wildman–Crippen LogP) is 3.74. The summed E-state index contributed by atoms with van der Waals surface area (Å²) < 4.78 is 5.75. The van der Waals surface area contributed by atoms with Crippen molar-refractivity contribution < 1.29 is 14.3 Å². The van der Waals surface area contributed by atoms with Gasteiger partial charge in [-0.1, -0.05) is 36.9 Å². The highest BCUT2D eigenvalue weighted by atomic mass is 79.9. The number of hydrogen-bond donors (Lipinski definition) is 1. The second kappa shape index (κ2) is 9.73. The molecule has 3 rings (SSSR count). The first-order valence-corrected chi connectivity index (χ1v) is 9.19. The lowest BCUT2D eigenvalue weighted by atomic mass is 10.1. The molecule has 1 N–H and O–H groups in total. The van der Waals surface area contributed by atoms with E-state index in [2.05, 4.69) is 23.3 Å². The summed E-state index contributed by atoms with van der Waals surface area (Å²) in [5.41, 5.74) is 3.25. The minimum absolute atomic E-state index is 0. The largest absolute Gasteiger partial charge is 0.493 e. The maximum Gasteiger partial charge on any atom is 0.286 e. The number of halogens is 1. The van der Waals surface area contributed by atoms with Crippen molar-refractivity contribution in [3.8, 4) is 5.75 Å². The lowest BCUT2D eigenvalue weighted by molar-refractivity contribution is -0.118. The molecule has 2 amide bonds. The van der Waals surface area contributed by atoms with Crippen LogP contribution in [0.25, 0.3) is 0 Å². The minimum Gasteiger partial charge on any atom is -0.493 e. The Kier molecular flexibility index (Phi) is 7.66. The normalized spacial score (nSPS) is 16.1. The number of imide groups is 1. The summed E-state index contributed by atoms with van der Waals surface area (Å²) in [5, 5.41) is 1.70. The number of nitrogens with one attached hydrogen (secondary N) is 1. The van der Waals surface area contributed by atoms with Crippen molar-refractivity contribution in [3.63, 3.8) is 0 Å². The summed E-state index contributed by atoms with van der Waals surface area (Å²) in [6.45, 7) is 2.67. The van der Waals surface area contributed by atoms with Gasteiger partial charge in [0.1, 0.15) is 5.75 Å². The number of carbonyl (C=O) groups is 2. The molecule has 1 saturated heterocycles. The molecule has 5 nitrogen and oxygen atoms in total. The summed E-state index contributed by atoms with van der Waals surface area (Å²) >= 11 is 1.05. The average Bonchev–Trinajstić information content (AvgIpc) is 2.94. The summed E-state index contributed by atoms with van der Waals surface area (Å²) in [6, 6.07) is 11.8. The van der Waals surface area contributed by atoms with Crippen LogP contribution in [0.5, 0.6) is 5.75 Å². The lowest BCUT2D eigenvalue weighted by Gasteiger charge is -2.09. The van der Waals surface area contributed by atoms with Gasteiger partial charge in [0, 0.05) is 18.3 Å². The summed E-state index contributed by atoms with van der Waals surface area (Å²) in [7, 11) is 0. The molecule has 0 radical (unpaired) electrons. The fraction of sp³-hybridized carbons (Fsp3) is 0.316. The maximum atomic E-state index is 11.6. The molecule has 0 aliphatic carbocycles. The van der Waals surface area contributed by atoms with Crippen molar-refractivity contribution in [2.24, 2.45) is 0 Å². The molecule has 26 heavy (non-hydrogen) atoms. The van der Waals surface area contributed by atoms with E-state index in [9.17, 15) is 9.59 Å². The third-order valence-corrected chi connectivity index (χ3v) is 5.01. The van der Waals surface area contributed by atoms with Crippen LogP contribution in [0.15, 0.2) is 42.6 Å². The first-order chi connectivity index (χ1) is 12.1. The zero-order chi connectivity index (χ0) is 17.6. The molecule has 1 aromatic heterocycles. The van der Waals surface area contributed by atoms with Gasteiger partial charge in [-0.15, -0.1) is 17.0 Å². The Morgan fingerprint density at radius 1 is 1.12 bits per heavy atom. The van der Waals surface area contributed by atoms with E-state index in [0.29, 0.717) is 13.0 Å². The Bertz CT molecular complexity index is 750. The molecule has 0 bridgehead atoms. The van der Waals surface area contributed by atoms with Gasteiger partial charge in [-0.25, -0.2) is 0 Å². The predicted molar refractivity (Wildman–Crippen MR) is 108 cm³/mol. The quantitative estimate of drug-likeness (QED) is 0.715. The van der Waals surface area contributed by atoms with Gasteiger partial charge >= 0.3 is 0 Å². The van der Waals surface area contributed by atoms with Gasteiger partial charge in [-0.3, -0.25) is 19.9 Å². The van der Waals surface area contributed by atoms with Crippen LogP contribution in [0.3, 0.4) is 0 Å². The van der Waals surface area contributed by atoms with Crippen LogP contribution in [0, 0.1) is 0 Å². The number of pyridine rings is 1. The Morgan fingerprint density at radius 3 is 2.42 bits per heavy atom. The number of ether oxygens (including phenoxy) is 1. The van der Waals surface area contributed by atoms with E-state index in [1.807, 2.05) is 36.5 Å². The molecule has 138 valence electrons. The minimum atomic E-state index is -0.337. The fourth-order valence-electron chi connectivity index (χ4n) is 2.55. The van der Waals surface area contributed by atoms with Crippen molar-refractivity contribution >= 4 is 39.9 Å². The van der Waals surface area contributed by atoms with Crippen LogP contribution < -0.4 is 10.1 Å². The van der Waals surface area contributed by atoms with Gasteiger partial charge < -0.3 is 4.74 Å². The molecule has 0 saturated carbocycles. The molecule has 0 spiro atoms. The SMILES string of the molecule is Br.CCc1ccc(CCOc2ccc(C[C@H]3SC(=O)NC3=O)cc2)nc1. The molecular formula is C19H21BrN2O3S. The molecule has 2 heterocycles. The van der Waals surface area contributed by atoms with Gasteiger partial charge in [0.15, 0.2) is 0 Å². The van der Waals surface area contributed by atoms with Crippen LogP contribution >= 0.6 is 28.7 Å². The zero-order valence-electron chi connectivity index (χ0n) is 14.4. The smallest absolute Gasteiger partial charge is 0.286 e. The topological polar surface area (TPSA) is 68.3 Å². The van der Waals surface area contributed by atoms with Gasteiger partial charge in [0.2, 0.25) is 5.91 Å². The lowest BCUT2D eigenvalue weighted by Crippen LogP contribution is -2.25. The third kappa shape index (κ3) is 5.57. The van der Waals surface area contributed by atoms with Crippen LogP contribution in [-0.2, 0) is 24.1 Å². The second-order valence-electron chi connectivity index (χ2n) is 5.84. The molecule has 7 heteroatoms. The number of aryl methyl sites for hydroxylation is 1. The maximum absolute atomic E-state index is 11.6. The number of nitrogens with zero attached hydrogens (tertiary/aromatic N) is 1. The molecule has 2 aromatic rings. The number of rotatable bonds is 7. The summed E-state index contributed by atoms with van der Waals surface area (Å²) in [6.07, 6.45) is 4.19. The molecule has 1 aliphatic heterocycles. The highest BCUT2D eigenvalue weighted by Crippen LogP contribution is 2.23. The van der Waals surface area contributed by atoms with Crippen molar-refractivity contribution in [3.05, 3.63) is 59.4 Å². The van der Waals surface area contributed by atoms with E-state index >= 15 is 0 Å². The third-order valence-electron chi connectivity index (χ3n) is 4.03. The van der Waals surface area contributed by atoms with Crippen LogP contribution in [0.1, 0.15) is 23.7 Å². The number of carbonyl (C=O) groups excluding carboxylic acids is 2. The van der Waals surface area contributed by atoms with E-state index in [1.54, 1.807) is 0 Å². The number of thioether (sulfide) groups is 1. The number of hydrogen-bond acceptors (Lipinski definition) is 5. The van der Waals surface area contributed by atoms with E-state index in [-0.39, 0.29) is 33.4 Å². The van der Waals surface area contributed by atoms with Crippen molar-refractivity contribution in [2.75, 3.05) is 6.61 Å². The van der Waals surface area contributed by atoms with Gasteiger partial charge in [-0.05, 0) is 42.2 Å². The van der Waals surface area contributed by atoms with E-state index in [4.69, 9.17) is 4.74 Å². The fourth-order valence-corrected chi connectivity index (χ4v) is 3.41. The van der Waals surface area contributed by atoms with E-state index in [0.717, 1.165) is 41.6 Å². The van der Waals surface area contributed by atoms with Crippen LogP contribution in [0.2, 0.25) is 0 Å². The number of benzene rings is 1. The van der Waals surface area contributed by atoms with Crippen molar-refractivity contribution in [1.82, 2.24) is 10.3 Å². The zero-order valence-corrected chi connectivity index (χ0v) is 17.0. The van der Waals surface area contributed by atoms with Gasteiger partial charge in [0.25, 0.3) is 5.24 Å². The standard InChI is InChI=1S/C19H20N2O3S.BrH/c1-2-13-3-6-15(20-12-13)9-10-24-16-7-4-14(5-8-16)11-17-18(22)21-19(23)25-17;/h3-8,12,17H,2,9-11H2,1H3,(H,21,22,23);1H/t17-;/m1./s1. The Labute approximate surface area is 167 Å². The molecule has 0 unspecified atom stereocenters. The Hall–Kier alpha value is -1.86. The van der Waals surface area contributed by atoms with Crippen molar-refractivity contribution in [1.29, 1.82) is 0 Å². The molecule has 1 atom stereocenters. The number of amides is 2. The van der Waals surface area contributed by atoms with Gasteiger partial charge in [0.05, 0.1) is 11.9 Å². The molecule has 1 aromatic carbocycles. The first kappa shape index (κ1) is 20.5. The Balaban J connectivity index is 0.00000243. The first-order valence-electron chi connectivity index (χ1n) is 8.31. The highest BCUT2D eigenvalue weighted by Gasteiger charge is 2.31. The number of aromatic nitrogens is 1. The van der Waals surface area contributed by atoms with Crippen LogP contribution in [-0.4, -0.2) is 28.0 Å². The monoisotopic (exact) mass is 436 g/mol. The van der Waals surface area contributed by atoms with E-state index < -0.39 is 0 Å². The molecule has 1 aliphatic rings. The Morgan fingerprint density at radius 2 is 1.85 bits per heavy atom. The van der Waals surface area contributed by atoms with E-state index in [1.165, 1.54) is 5.56 Å². The molecule has 1 fully saturated rings. The summed E-state index contributed by atoms with van der Waals surface area (Å²) in [5.74, 6) is 0.574. The highest BCUT2D eigenvalue weighted by molar-refractivity contribution is 8.93. The van der Waals surface area contributed by atoms with Crippen molar-refractivity contribution in [2.45, 2.75) is 31.4 Å². The van der Waals surface area contributed by atoms with Gasteiger partial charge in [-0.2, -0.15) is 0 Å². The average molecular weight is 437 g/mol. The summed E-state index contributed by atoms with van der Waals surface area (Å²) in [4.78, 5) is 27.2. The van der Waals surface area contributed by atoms with Crippen LogP contribution in [0.4, 0.5) is 4.79 Å². The second-order valence-corrected chi connectivity index (χ2v) is 7.02. The molecular weight excluding hydrogens is 416 g/mol.